The van der Waals surface area contributed by atoms with Crippen molar-refractivity contribution >= 4 is 15.8 Å². The molecule has 6 nitrogen and oxygen atoms in total. The van der Waals surface area contributed by atoms with Crippen LogP contribution in [0.4, 0.5) is 0 Å². The van der Waals surface area contributed by atoms with Gasteiger partial charge in [-0.25, -0.2) is 8.42 Å². The molecule has 2 heterocycles. The average molecular weight is 346 g/mol. The fourth-order valence-corrected chi connectivity index (χ4v) is 5.10. The number of nitrogens with one attached hydrogen (secondary N) is 1. The maximum absolute atomic E-state index is 11.6. The second kappa shape index (κ2) is 6.97. The molecule has 0 radical (unpaired) electrons. The van der Waals surface area contributed by atoms with Gasteiger partial charge in [-0.2, -0.15) is 0 Å². The first kappa shape index (κ1) is 18.5. The molecule has 2 aliphatic heterocycles. The molecule has 2 unspecified atom stereocenters. The largest absolute Gasteiger partial charge is 0.392 e. The number of guanidine groups is 1. The number of hydrogen-bond donors (Lipinski definition) is 2. The van der Waals surface area contributed by atoms with Gasteiger partial charge in [-0.15, -0.1) is 0 Å². The standard InChI is InChI=1S/C16H31N3O3S/c1-12(2)18-15(17-9-13-6-8-23(21,22)10-13)19-7-5-14(20)16(3,4)11-19/h12-14,20H,5-11H2,1-4H3,(H,17,18). The summed E-state index contributed by atoms with van der Waals surface area (Å²) in [7, 11) is -2.85. The minimum absolute atomic E-state index is 0.132. The minimum Gasteiger partial charge on any atom is -0.392 e. The van der Waals surface area contributed by atoms with Crippen LogP contribution in [0.25, 0.3) is 0 Å². The minimum atomic E-state index is -2.85. The summed E-state index contributed by atoms with van der Waals surface area (Å²) in [6.07, 6.45) is 1.15. The first-order valence-corrected chi connectivity index (χ1v) is 10.4. The fraction of sp³-hybridized carbons (Fsp3) is 0.938. The van der Waals surface area contributed by atoms with Gasteiger partial charge in [0.25, 0.3) is 0 Å². The van der Waals surface area contributed by atoms with Gasteiger partial charge in [0.15, 0.2) is 15.8 Å². The number of aliphatic hydroxyl groups is 1. The lowest BCUT2D eigenvalue weighted by atomic mass is 9.81. The molecular formula is C16H31N3O3S. The first-order valence-electron chi connectivity index (χ1n) is 8.53. The van der Waals surface area contributed by atoms with Gasteiger partial charge in [0.2, 0.25) is 0 Å². The Labute approximate surface area is 140 Å². The van der Waals surface area contributed by atoms with Crippen molar-refractivity contribution in [2.24, 2.45) is 16.3 Å². The Morgan fingerprint density at radius 2 is 2.09 bits per heavy atom. The van der Waals surface area contributed by atoms with Crippen LogP contribution in [0, 0.1) is 11.3 Å². The predicted molar refractivity (Wildman–Crippen MR) is 93.3 cm³/mol. The van der Waals surface area contributed by atoms with Crippen molar-refractivity contribution in [2.45, 2.75) is 52.7 Å². The molecule has 0 bridgehead atoms. The SMILES string of the molecule is CC(C)NC(=NCC1CCS(=O)(=O)C1)N1CCC(O)C(C)(C)C1. The number of aliphatic hydroxyl groups excluding tert-OH is 1. The van der Waals surface area contributed by atoms with Crippen molar-refractivity contribution in [3.05, 3.63) is 0 Å². The molecule has 2 N–H and O–H groups in total. The van der Waals surface area contributed by atoms with Gasteiger partial charge in [0.1, 0.15) is 0 Å². The van der Waals surface area contributed by atoms with Gasteiger partial charge in [-0.1, -0.05) is 13.8 Å². The van der Waals surface area contributed by atoms with E-state index in [1.807, 2.05) is 0 Å². The zero-order chi connectivity index (χ0) is 17.3. The van der Waals surface area contributed by atoms with Gasteiger partial charge in [0, 0.05) is 31.1 Å². The Morgan fingerprint density at radius 3 is 2.61 bits per heavy atom. The van der Waals surface area contributed by atoms with E-state index >= 15 is 0 Å². The zero-order valence-electron chi connectivity index (χ0n) is 14.7. The van der Waals surface area contributed by atoms with Crippen molar-refractivity contribution in [1.29, 1.82) is 0 Å². The molecule has 134 valence electrons. The molecule has 0 aliphatic carbocycles. The number of rotatable bonds is 3. The van der Waals surface area contributed by atoms with E-state index in [4.69, 9.17) is 4.99 Å². The lowest BCUT2D eigenvalue weighted by molar-refractivity contribution is -0.00515. The summed E-state index contributed by atoms with van der Waals surface area (Å²) < 4.78 is 23.2. The molecule has 0 saturated carbocycles. The summed E-state index contributed by atoms with van der Waals surface area (Å²) in [4.78, 5) is 6.90. The highest BCUT2D eigenvalue weighted by Gasteiger charge is 2.36. The number of aliphatic imine (C=N–C) groups is 1. The van der Waals surface area contributed by atoms with Gasteiger partial charge in [-0.05, 0) is 32.6 Å². The van der Waals surface area contributed by atoms with E-state index in [1.54, 1.807) is 0 Å². The molecule has 0 aromatic rings. The number of nitrogens with zero attached hydrogens (tertiary/aromatic N) is 2. The van der Waals surface area contributed by atoms with Gasteiger partial charge in [-0.3, -0.25) is 4.99 Å². The summed E-state index contributed by atoms with van der Waals surface area (Å²) in [6.45, 7) is 10.3. The monoisotopic (exact) mass is 345 g/mol. The Morgan fingerprint density at radius 1 is 1.39 bits per heavy atom. The molecule has 0 aromatic heterocycles. The summed E-state index contributed by atoms with van der Waals surface area (Å²) >= 11 is 0. The number of piperidine rings is 1. The molecular weight excluding hydrogens is 314 g/mol. The highest BCUT2D eigenvalue weighted by atomic mass is 32.2. The quantitative estimate of drug-likeness (QED) is 0.586. The van der Waals surface area contributed by atoms with Crippen LogP contribution in [0.5, 0.6) is 0 Å². The molecule has 2 fully saturated rings. The molecule has 2 rings (SSSR count). The van der Waals surface area contributed by atoms with Crippen LogP contribution >= 0.6 is 0 Å². The van der Waals surface area contributed by atoms with E-state index in [-0.39, 0.29) is 29.2 Å². The van der Waals surface area contributed by atoms with Crippen molar-refractivity contribution in [3.8, 4) is 0 Å². The highest BCUT2D eigenvalue weighted by Crippen LogP contribution is 2.29. The van der Waals surface area contributed by atoms with E-state index in [0.29, 0.717) is 18.7 Å². The summed E-state index contributed by atoms with van der Waals surface area (Å²) in [5.41, 5.74) is -0.172. The third-order valence-electron chi connectivity index (χ3n) is 4.72. The second-order valence-corrected chi connectivity index (χ2v) is 10.2. The normalized spacial score (nSPS) is 30.7. The third kappa shape index (κ3) is 5.08. The van der Waals surface area contributed by atoms with Crippen molar-refractivity contribution in [1.82, 2.24) is 10.2 Å². The molecule has 0 spiro atoms. The van der Waals surface area contributed by atoms with Crippen LogP contribution in [-0.4, -0.2) is 67.7 Å². The predicted octanol–water partition coefficient (Wildman–Crippen LogP) is 0.868. The first-order chi connectivity index (χ1) is 10.6. The molecule has 7 heteroatoms. The lowest BCUT2D eigenvalue weighted by Gasteiger charge is -2.43. The summed E-state index contributed by atoms with van der Waals surface area (Å²) in [6, 6.07) is 0.260. The van der Waals surface area contributed by atoms with Crippen molar-refractivity contribution in [2.75, 3.05) is 31.1 Å². The molecule has 0 amide bonds. The molecule has 23 heavy (non-hydrogen) atoms. The van der Waals surface area contributed by atoms with Gasteiger partial charge >= 0.3 is 0 Å². The third-order valence-corrected chi connectivity index (χ3v) is 6.55. The number of likely N-dealkylation sites (tertiary alicyclic amines) is 1. The van der Waals surface area contributed by atoms with Crippen LogP contribution in [0.2, 0.25) is 0 Å². The molecule has 2 saturated heterocycles. The number of sulfone groups is 1. The highest BCUT2D eigenvalue weighted by molar-refractivity contribution is 7.91. The molecule has 0 aromatic carbocycles. The maximum Gasteiger partial charge on any atom is 0.194 e. The summed E-state index contributed by atoms with van der Waals surface area (Å²) in [5, 5.41) is 13.5. The topological polar surface area (TPSA) is 82.0 Å². The van der Waals surface area contributed by atoms with Crippen LogP contribution in [-0.2, 0) is 9.84 Å². The van der Waals surface area contributed by atoms with Crippen LogP contribution in [0.15, 0.2) is 4.99 Å². The average Bonchev–Trinajstić information content (AvgIpc) is 2.77. The fourth-order valence-electron chi connectivity index (χ4n) is 3.25. The number of hydrogen-bond acceptors (Lipinski definition) is 4. The Hall–Kier alpha value is -0.820. The maximum atomic E-state index is 11.6. The second-order valence-electron chi connectivity index (χ2n) is 7.95. The van der Waals surface area contributed by atoms with Gasteiger partial charge in [0.05, 0.1) is 17.6 Å². The molecule has 2 atom stereocenters. The Balaban J connectivity index is 2.06. The van der Waals surface area contributed by atoms with E-state index in [1.165, 1.54) is 0 Å². The van der Waals surface area contributed by atoms with Crippen LogP contribution in [0.3, 0.4) is 0 Å². The molecule has 2 aliphatic rings. The van der Waals surface area contributed by atoms with Crippen molar-refractivity contribution < 1.29 is 13.5 Å². The summed E-state index contributed by atoms with van der Waals surface area (Å²) in [5.74, 6) is 1.52. The Kier molecular flexibility index (Phi) is 5.61. The van der Waals surface area contributed by atoms with E-state index in [2.05, 4.69) is 37.9 Å². The van der Waals surface area contributed by atoms with Crippen LogP contribution in [0.1, 0.15) is 40.5 Å². The van der Waals surface area contributed by atoms with Crippen LogP contribution < -0.4 is 5.32 Å². The van der Waals surface area contributed by atoms with E-state index < -0.39 is 9.84 Å². The smallest absolute Gasteiger partial charge is 0.194 e. The zero-order valence-corrected chi connectivity index (χ0v) is 15.6. The van der Waals surface area contributed by atoms with Gasteiger partial charge < -0.3 is 15.3 Å². The van der Waals surface area contributed by atoms with E-state index in [9.17, 15) is 13.5 Å². The van der Waals surface area contributed by atoms with E-state index in [0.717, 1.165) is 25.5 Å². The lowest BCUT2D eigenvalue weighted by Crippen LogP contribution is -2.55. The Bertz CT molecular complexity index is 543. The van der Waals surface area contributed by atoms with Crippen molar-refractivity contribution in [3.63, 3.8) is 0 Å².